The van der Waals surface area contributed by atoms with Crippen molar-refractivity contribution in [1.29, 1.82) is 0 Å². The molecule has 0 atom stereocenters. The van der Waals surface area contributed by atoms with Gasteiger partial charge in [0.1, 0.15) is 0 Å². The van der Waals surface area contributed by atoms with Crippen LogP contribution in [0.1, 0.15) is 57.1 Å². The van der Waals surface area contributed by atoms with Crippen LogP contribution in [0, 0.1) is 5.92 Å². The predicted octanol–water partition coefficient (Wildman–Crippen LogP) is 2.64. The van der Waals surface area contributed by atoms with Crippen LogP contribution >= 0.6 is 0 Å². The van der Waals surface area contributed by atoms with Gasteiger partial charge in [0.15, 0.2) is 0 Å². The molecule has 1 saturated carbocycles. The number of hydrogen-bond donors (Lipinski definition) is 2. The Hall–Kier alpha value is -1.46. The van der Waals surface area contributed by atoms with Crippen molar-refractivity contribution in [3.63, 3.8) is 0 Å². The van der Waals surface area contributed by atoms with Crippen LogP contribution in [0.15, 0.2) is 24.4 Å². The van der Waals surface area contributed by atoms with Crippen molar-refractivity contribution in [2.45, 2.75) is 64.0 Å². The highest BCUT2D eigenvalue weighted by Gasteiger charge is 2.26. The maximum absolute atomic E-state index is 12.9. The lowest BCUT2D eigenvalue weighted by Gasteiger charge is -2.34. The standard InChI is InChI=1S/C19H30N4O/c24-19(11-6-7-16-13-21-22-14-16)23(18-9-2-1-3-10-18)15-17-8-4-5-12-20-17/h4-5,8,12,16,18,21-22H,1-3,6-7,9-11,13-15H2. The van der Waals surface area contributed by atoms with Gasteiger partial charge >= 0.3 is 0 Å². The van der Waals surface area contributed by atoms with E-state index < -0.39 is 0 Å². The van der Waals surface area contributed by atoms with E-state index in [1.165, 1.54) is 19.3 Å². The highest BCUT2D eigenvalue weighted by molar-refractivity contribution is 5.76. The summed E-state index contributed by atoms with van der Waals surface area (Å²) >= 11 is 0. The first kappa shape index (κ1) is 17.4. The van der Waals surface area contributed by atoms with Crippen LogP contribution in [0.3, 0.4) is 0 Å². The maximum atomic E-state index is 12.9. The predicted molar refractivity (Wildman–Crippen MR) is 95.0 cm³/mol. The van der Waals surface area contributed by atoms with Crippen LogP contribution < -0.4 is 10.9 Å². The molecule has 2 fully saturated rings. The topological polar surface area (TPSA) is 57.3 Å². The fraction of sp³-hybridized carbons (Fsp3) is 0.684. The van der Waals surface area contributed by atoms with E-state index >= 15 is 0 Å². The van der Waals surface area contributed by atoms with Crippen LogP contribution in [-0.2, 0) is 11.3 Å². The molecule has 0 spiro atoms. The maximum Gasteiger partial charge on any atom is 0.223 e. The molecule has 5 heteroatoms. The largest absolute Gasteiger partial charge is 0.334 e. The number of rotatable bonds is 7. The summed E-state index contributed by atoms with van der Waals surface area (Å²) < 4.78 is 0. The SMILES string of the molecule is O=C(CCCC1CNNC1)N(Cc1ccccn1)C1CCCCC1. The Bertz CT molecular complexity index is 495. The minimum atomic E-state index is 0.312. The molecule has 0 aromatic carbocycles. The van der Waals surface area contributed by atoms with Gasteiger partial charge in [-0.15, -0.1) is 0 Å². The van der Waals surface area contributed by atoms with Crippen molar-refractivity contribution in [2.75, 3.05) is 13.1 Å². The van der Waals surface area contributed by atoms with Crippen molar-refractivity contribution >= 4 is 5.91 Å². The molecule has 1 aliphatic carbocycles. The van der Waals surface area contributed by atoms with E-state index in [1.54, 1.807) is 0 Å². The van der Waals surface area contributed by atoms with Gasteiger partial charge < -0.3 is 4.90 Å². The summed E-state index contributed by atoms with van der Waals surface area (Å²) in [7, 11) is 0. The van der Waals surface area contributed by atoms with Crippen LogP contribution in [0.2, 0.25) is 0 Å². The molecule has 3 rings (SSSR count). The Kier molecular flexibility index (Phi) is 6.61. The van der Waals surface area contributed by atoms with Crippen molar-refractivity contribution < 1.29 is 4.79 Å². The summed E-state index contributed by atoms with van der Waals surface area (Å²) in [5.74, 6) is 0.975. The molecule has 0 bridgehead atoms. The van der Waals surface area contributed by atoms with Gasteiger partial charge in [-0.25, -0.2) is 0 Å². The number of hydrazine groups is 1. The molecule has 1 amide bonds. The van der Waals surface area contributed by atoms with Crippen molar-refractivity contribution in [3.8, 4) is 0 Å². The number of carbonyl (C=O) groups is 1. The third-order valence-electron chi connectivity index (χ3n) is 5.30. The summed E-state index contributed by atoms with van der Waals surface area (Å²) in [6.07, 6.45) is 10.7. The van der Waals surface area contributed by atoms with Crippen LogP contribution in [-0.4, -0.2) is 34.9 Å². The summed E-state index contributed by atoms with van der Waals surface area (Å²) in [6.45, 7) is 2.71. The van der Waals surface area contributed by atoms with Gasteiger partial charge in [-0.05, 0) is 43.7 Å². The van der Waals surface area contributed by atoms with Crippen molar-refractivity contribution in [3.05, 3.63) is 30.1 Å². The Morgan fingerprint density at radius 2 is 1.96 bits per heavy atom. The monoisotopic (exact) mass is 330 g/mol. The molecule has 0 radical (unpaired) electrons. The lowest BCUT2D eigenvalue weighted by atomic mass is 9.93. The molecule has 5 nitrogen and oxygen atoms in total. The molecule has 2 aliphatic rings. The number of hydrogen-bond acceptors (Lipinski definition) is 4. The smallest absolute Gasteiger partial charge is 0.223 e. The van der Waals surface area contributed by atoms with Crippen molar-refractivity contribution in [1.82, 2.24) is 20.7 Å². The minimum absolute atomic E-state index is 0.312. The van der Waals surface area contributed by atoms with Gasteiger partial charge in [0.05, 0.1) is 12.2 Å². The number of carbonyl (C=O) groups excluding carboxylic acids is 1. The molecule has 1 aromatic heterocycles. The van der Waals surface area contributed by atoms with E-state index in [0.717, 1.165) is 44.5 Å². The molecular weight excluding hydrogens is 300 g/mol. The number of aromatic nitrogens is 1. The summed E-state index contributed by atoms with van der Waals surface area (Å²) in [5, 5.41) is 0. The first-order valence-corrected chi connectivity index (χ1v) is 9.48. The van der Waals surface area contributed by atoms with E-state index in [1.807, 2.05) is 24.4 Å². The highest BCUT2D eigenvalue weighted by atomic mass is 16.2. The van der Waals surface area contributed by atoms with Gasteiger partial charge in [-0.1, -0.05) is 25.3 Å². The lowest BCUT2D eigenvalue weighted by Crippen LogP contribution is -2.41. The Morgan fingerprint density at radius 3 is 2.67 bits per heavy atom. The van der Waals surface area contributed by atoms with Crippen LogP contribution in [0.4, 0.5) is 0 Å². The molecule has 1 aliphatic heterocycles. The average Bonchev–Trinajstić information content (AvgIpc) is 3.15. The molecule has 1 aromatic rings. The molecule has 1 saturated heterocycles. The van der Waals surface area contributed by atoms with E-state index in [-0.39, 0.29) is 0 Å². The third-order valence-corrected chi connectivity index (χ3v) is 5.30. The summed E-state index contributed by atoms with van der Waals surface area (Å²) in [5.41, 5.74) is 7.33. The Labute approximate surface area is 145 Å². The van der Waals surface area contributed by atoms with Gasteiger partial charge in [-0.3, -0.25) is 20.6 Å². The van der Waals surface area contributed by atoms with Gasteiger partial charge in [0.2, 0.25) is 5.91 Å². The van der Waals surface area contributed by atoms with E-state index in [9.17, 15) is 4.79 Å². The number of pyridine rings is 1. The second-order valence-electron chi connectivity index (χ2n) is 7.15. The molecule has 0 unspecified atom stereocenters. The molecule has 2 N–H and O–H groups in total. The van der Waals surface area contributed by atoms with Crippen molar-refractivity contribution in [2.24, 2.45) is 5.92 Å². The molecule has 2 heterocycles. The minimum Gasteiger partial charge on any atom is -0.334 e. The normalized spacial score (nSPS) is 19.5. The fourth-order valence-electron chi connectivity index (χ4n) is 3.87. The third kappa shape index (κ3) is 5.02. The average molecular weight is 330 g/mol. The number of nitrogens with zero attached hydrogens (tertiary/aromatic N) is 2. The first-order chi connectivity index (χ1) is 11.8. The van der Waals surface area contributed by atoms with E-state index in [4.69, 9.17) is 0 Å². The highest BCUT2D eigenvalue weighted by Crippen LogP contribution is 2.25. The van der Waals surface area contributed by atoms with Gasteiger partial charge in [0.25, 0.3) is 0 Å². The number of amides is 1. The van der Waals surface area contributed by atoms with Crippen LogP contribution in [0.25, 0.3) is 0 Å². The Balaban J connectivity index is 1.56. The number of nitrogens with one attached hydrogen (secondary N) is 2. The molecule has 24 heavy (non-hydrogen) atoms. The molecule has 132 valence electrons. The van der Waals surface area contributed by atoms with E-state index in [2.05, 4.69) is 20.7 Å². The zero-order chi connectivity index (χ0) is 16.6. The lowest BCUT2D eigenvalue weighted by molar-refractivity contribution is -0.135. The van der Waals surface area contributed by atoms with Gasteiger partial charge in [0, 0.05) is 31.7 Å². The summed E-state index contributed by atoms with van der Waals surface area (Å²) in [4.78, 5) is 19.4. The zero-order valence-corrected chi connectivity index (χ0v) is 14.5. The second kappa shape index (κ2) is 9.14. The van der Waals surface area contributed by atoms with E-state index in [0.29, 0.717) is 30.8 Å². The molecular formula is C19H30N4O. The summed E-state index contributed by atoms with van der Waals surface area (Å²) in [6, 6.07) is 6.37. The fourth-order valence-corrected chi connectivity index (χ4v) is 3.87. The first-order valence-electron chi connectivity index (χ1n) is 9.48. The van der Waals surface area contributed by atoms with Crippen LogP contribution in [0.5, 0.6) is 0 Å². The zero-order valence-electron chi connectivity index (χ0n) is 14.5. The second-order valence-corrected chi connectivity index (χ2v) is 7.15. The Morgan fingerprint density at radius 1 is 1.17 bits per heavy atom. The van der Waals surface area contributed by atoms with Gasteiger partial charge in [-0.2, -0.15) is 0 Å². The quantitative estimate of drug-likeness (QED) is 0.807.